The van der Waals surface area contributed by atoms with Gasteiger partial charge in [0.1, 0.15) is 11.7 Å². The molecular weight excluding hydrogens is 404 g/mol. The smallest absolute Gasteiger partial charge is 0.266 e. The quantitative estimate of drug-likeness (QED) is 0.578. The van der Waals surface area contributed by atoms with Gasteiger partial charge in [0.05, 0.1) is 24.5 Å². The summed E-state index contributed by atoms with van der Waals surface area (Å²) in [5.41, 5.74) is 4.40. The normalized spacial score (nSPS) is 22.4. The van der Waals surface area contributed by atoms with Gasteiger partial charge < -0.3 is 4.74 Å². The van der Waals surface area contributed by atoms with Crippen molar-refractivity contribution in [3.8, 4) is 5.75 Å². The van der Waals surface area contributed by atoms with Crippen molar-refractivity contribution >= 4 is 23.2 Å². The maximum atomic E-state index is 13.6. The van der Waals surface area contributed by atoms with Crippen molar-refractivity contribution < 1.29 is 19.2 Å². The Labute approximate surface area is 186 Å². The lowest BCUT2D eigenvalue weighted by molar-refractivity contribution is -0.126. The van der Waals surface area contributed by atoms with Gasteiger partial charge in [-0.05, 0) is 66.9 Å². The van der Waals surface area contributed by atoms with E-state index in [1.54, 1.807) is 12.2 Å². The summed E-state index contributed by atoms with van der Waals surface area (Å²) in [6, 6.07) is 22.3. The lowest BCUT2D eigenvalue weighted by Gasteiger charge is -2.29. The third kappa shape index (κ3) is 3.15. The Morgan fingerprint density at radius 1 is 0.812 bits per heavy atom. The van der Waals surface area contributed by atoms with Crippen molar-refractivity contribution in [2.24, 2.45) is 5.92 Å². The molecule has 2 saturated heterocycles. The third-order valence-corrected chi connectivity index (χ3v) is 6.33. The summed E-state index contributed by atoms with van der Waals surface area (Å²) in [7, 11) is 1.61. The largest absolute Gasteiger partial charge is 0.497 e. The van der Waals surface area contributed by atoms with Gasteiger partial charge in [0, 0.05) is 0 Å². The van der Waals surface area contributed by atoms with Crippen molar-refractivity contribution in [2.75, 3.05) is 17.1 Å². The van der Waals surface area contributed by atoms with E-state index in [4.69, 9.17) is 9.57 Å². The van der Waals surface area contributed by atoms with Crippen molar-refractivity contribution in [2.45, 2.75) is 26.0 Å². The highest BCUT2D eigenvalue weighted by molar-refractivity contribution is 6.24. The van der Waals surface area contributed by atoms with E-state index in [0.29, 0.717) is 5.69 Å². The molecule has 3 atom stereocenters. The Hall–Kier alpha value is -3.64. The van der Waals surface area contributed by atoms with Crippen LogP contribution < -0.4 is 14.7 Å². The van der Waals surface area contributed by atoms with Gasteiger partial charge in [-0.2, -0.15) is 0 Å². The van der Waals surface area contributed by atoms with Gasteiger partial charge in [0.25, 0.3) is 5.91 Å². The summed E-state index contributed by atoms with van der Waals surface area (Å²) in [6.07, 6.45) is -0.878. The fraction of sp³-hybridized carbons (Fsp3) is 0.231. The molecule has 162 valence electrons. The van der Waals surface area contributed by atoms with Crippen molar-refractivity contribution in [3.63, 3.8) is 0 Å². The van der Waals surface area contributed by atoms with E-state index in [-0.39, 0.29) is 11.8 Å². The Kier molecular flexibility index (Phi) is 4.94. The van der Waals surface area contributed by atoms with Crippen molar-refractivity contribution in [1.82, 2.24) is 0 Å². The zero-order chi connectivity index (χ0) is 22.4. The second-order valence-electron chi connectivity index (χ2n) is 8.21. The Balaban J connectivity index is 1.56. The van der Waals surface area contributed by atoms with E-state index in [9.17, 15) is 9.59 Å². The van der Waals surface area contributed by atoms with Gasteiger partial charge in [-0.15, -0.1) is 0 Å². The molecule has 6 nitrogen and oxygen atoms in total. The molecule has 2 amide bonds. The molecule has 2 fully saturated rings. The number of imide groups is 1. The molecule has 3 aromatic carbocycles. The lowest BCUT2D eigenvalue weighted by atomic mass is 9.90. The van der Waals surface area contributed by atoms with E-state index in [1.807, 2.05) is 86.6 Å². The number of carbonyl (C=O) groups is 2. The number of carbonyl (C=O) groups excluding carboxylic acids is 2. The highest BCUT2D eigenvalue weighted by Crippen LogP contribution is 2.47. The molecule has 0 unspecified atom stereocenters. The molecule has 2 aliphatic heterocycles. The zero-order valence-corrected chi connectivity index (χ0v) is 18.2. The van der Waals surface area contributed by atoms with Gasteiger partial charge in [-0.1, -0.05) is 36.4 Å². The highest BCUT2D eigenvalue weighted by atomic mass is 16.7. The predicted octanol–water partition coefficient (Wildman–Crippen LogP) is 4.36. The zero-order valence-electron chi connectivity index (χ0n) is 18.2. The van der Waals surface area contributed by atoms with Crippen LogP contribution in [0.15, 0.2) is 72.8 Å². The molecule has 6 heteroatoms. The molecule has 0 aromatic heterocycles. The van der Waals surface area contributed by atoms with E-state index in [2.05, 4.69) is 0 Å². The van der Waals surface area contributed by atoms with Crippen LogP contribution in [-0.4, -0.2) is 25.0 Å². The number of rotatable bonds is 4. The minimum absolute atomic E-state index is 0.242. The van der Waals surface area contributed by atoms with Crippen LogP contribution in [0.5, 0.6) is 5.75 Å². The van der Waals surface area contributed by atoms with Gasteiger partial charge in [0.15, 0.2) is 6.10 Å². The molecule has 32 heavy (non-hydrogen) atoms. The van der Waals surface area contributed by atoms with Gasteiger partial charge >= 0.3 is 0 Å². The second kappa shape index (κ2) is 7.80. The van der Waals surface area contributed by atoms with Crippen LogP contribution in [0.1, 0.15) is 22.7 Å². The van der Waals surface area contributed by atoms with Crippen LogP contribution in [0.3, 0.4) is 0 Å². The summed E-state index contributed by atoms with van der Waals surface area (Å²) >= 11 is 0. The molecule has 0 aliphatic carbocycles. The molecule has 0 spiro atoms. The third-order valence-electron chi connectivity index (χ3n) is 6.33. The molecular formula is C26H24N2O4. The number of hydrogen-bond donors (Lipinski definition) is 0. The number of methoxy groups -OCH3 is 1. The maximum Gasteiger partial charge on any atom is 0.266 e. The number of benzene rings is 3. The van der Waals surface area contributed by atoms with Crippen LogP contribution in [0, 0.1) is 19.8 Å². The topological polar surface area (TPSA) is 59.1 Å². The Morgan fingerprint density at radius 3 is 2.16 bits per heavy atom. The molecule has 0 saturated carbocycles. The predicted molar refractivity (Wildman–Crippen MR) is 121 cm³/mol. The number of ether oxygens (including phenoxy) is 1. The average molecular weight is 428 g/mol. The first-order chi connectivity index (χ1) is 15.5. The summed E-state index contributed by atoms with van der Waals surface area (Å²) in [5.74, 6) is -0.501. The first-order valence-electron chi connectivity index (χ1n) is 10.6. The summed E-state index contributed by atoms with van der Waals surface area (Å²) in [5, 5.41) is 1.69. The fourth-order valence-corrected chi connectivity index (χ4v) is 4.48. The first kappa shape index (κ1) is 20.3. The van der Waals surface area contributed by atoms with Crippen LogP contribution in [0.2, 0.25) is 0 Å². The SMILES string of the molecule is COc1ccc(N2O[C@@H]3C(=O)N(c4ccc(C)c(C)c4)C(=O)[C@@H]3[C@@H]2c2ccccc2)cc1. The van der Waals surface area contributed by atoms with Crippen LogP contribution in [0.4, 0.5) is 11.4 Å². The minimum atomic E-state index is -0.878. The van der Waals surface area contributed by atoms with E-state index in [1.165, 1.54) is 4.90 Å². The minimum Gasteiger partial charge on any atom is -0.497 e. The second-order valence-corrected chi connectivity index (χ2v) is 8.21. The molecule has 3 aromatic rings. The van der Waals surface area contributed by atoms with Crippen molar-refractivity contribution in [1.29, 1.82) is 0 Å². The molecule has 5 rings (SSSR count). The van der Waals surface area contributed by atoms with Gasteiger partial charge in [-0.25, -0.2) is 9.96 Å². The highest BCUT2D eigenvalue weighted by Gasteiger charge is 2.60. The molecule has 0 N–H and O–H groups in total. The number of anilines is 2. The number of fused-ring (bicyclic) bond motifs is 1. The Morgan fingerprint density at radius 2 is 1.50 bits per heavy atom. The molecule has 0 bridgehead atoms. The summed E-state index contributed by atoms with van der Waals surface area (Å²) in [4.78, 5) is 34.5. The van der Waals surface area contributed by atoms with Crippen LogP contribution in [0.25, 0.3) is 0 Å². The van der Waals surface area contributed by atoms with E-state index >= 15 is 0 Å². The summed E-state index contributed by atoms with van der Waals surface area (Å²) < 4.78 is 5.26. The van der Waals surface area contributed by atoms with Crippen LogP contribution >= 0.6 is 0 Å². The van der Waals surface area contributed by atoms with E-state index in [0.717, 1.165) is 28.1 Å². The lowest BCUT2D eigenvalue weighted by Crippen LogP contribution is -2.37. The standard InChI is InChI=1S/C26H24N2O4/c1-16-9-10-20(15-17(16)2)27-25(29)22-23(18-7-5-4-6-8-18)28(32-24(22)26(27)30)19-11-13-21(31-3)14-12-19/h4-15,22-24H,1-3H3/t22-,23+,24+/m1/s1. The van der Waals surface area contributed by atoms with Crippen molar-refractivity contribution in [3.05, 3.63) is 89.5 Å². The van der Waals surface area contributed by atoms with E-state index < -0.39 is 18.1 Å². The first-order valence-corrected chi connectivity index (χ1v) is 10.6. The number of hydroxylamine groups is 1. The molecule has 2 heterocycles. The number of hydrogen-bond acceptors (Lipinski definition) is 5. The van der Waals surface area contributed by atoms with Gasteiger partial charge in [-0.3, -0.25) is 14.4 Å². The van der Waals surface area contributed by atoms with Crippen LogP contribution in [-0.2, 0) is 14.4 Å². The number of amides is 2. The molecule has 2 aliphatic rings. The Bertz CT molecular complexity index is 1180. The fourth-order valence-electron chi connectivity index (χ4n) is 4.48. The summed E-state index contributed by atoms with van der Waals surface area (Å²) in [6.45, 7) is 3.97. The molecule has 0 radical (unpaired) electrons. The number of nitrogens with zero attached hydrogens (tertiary/aromatic N) is 2. The monoisotopic (exact) mass is 428 g/mol. The van der Waals surface area contributed by atoms with Gasteiger partial charge in [0.2, 0.25) is 5.91 Å². The average Bonchev–Trinajstić information content (AvgIpc) is 3.32. The maximum absolute atomic E-state index is 13.6. The number of aryl methyl sites for hydroxylation is 2.